The van der Waals surface area contributed by atoms with E-state index in [2.05, 4.69) is 45.5 Å². The normalized spacial score (nSPS) is 10.7. The number of hydrogen-bond acceptors (Lipinski definition) is 3. The van der Waals surface area contributed by atoms with Crippen LogP contribution in [0.3, 0.4) is 0 Å². The van der Waals surface area contributed by atoms with Gasteiger partial charge >= 0.3 is 0 Å². The fourth-order valence-corrected chi connectivity index (χ4v) is 2.52. The lowest BCUT2D eigenvalue weighted by Crippen LogP contribution is -1.80. The van der Waals surface area contributed by atoms with E-state index < -0.39 is 0 Å². The molecule has 0 saturated carbocycles. The molecule has 0 aliphatic rings. The van der Waals surface area contributed by atoms with E-state index >= 15 is 0 Å². The molecular weight excluding hydrogens is 271 g/mol. The maximum absolute atomic E-state index is 4.16. The quantitative estimate of drug-likeness (QED) is 0.546. The maximum Gasteiger partial charge on any atom is 0.122 e. The highest BCUT2D eigenvalue weighted by molar-refractivity contribution is 14.1. The molecule has 2 rings (SSSR count). The smallest absolute Gasteiger partial charge is 0.122 e. The van der Waals surface area contributed by atoms with Crippen LogP contribution in [0.5, 0.6) is 0 Å². The number of fused-ring (bicyclic) bond motifs is 1. The van der Waals surface area contributed by atoms with E-state index in [1.807, 2.05) is 0 Å². The van der Waals surface area contributed by atoms with Crippen molar-refractivity contribution in [1.29, 1.82) is 0 Å². The molecule has 4 heteroatoms. The lowest BCUT2D eigenvalue weighted by Gasteiger charge is -1.88. The Hall–Kier alpha value is -0.230. The summed E-state index contributed by atoms with van der Waals surface area (Å²) in [6, 6.07) is 2.09. The zero-order chi connectivity index (χ0) is 7.84. The summed E-state index contributed by atoms with van der Waals surface area (Å²) in [4.78, 5) is 9.55. The highest BCUT2D eigenvalue weighted by atomic mass is 127. The summed E-state index contributed by atoms with van der Waals surface area (Å²) in [7, 11) is 0. The van der Waals surface area contributed by atoms with Crippen LogP contribution in [-0.2, 0) is 0 Å². The average molecular weight is 276 g/mol. The number of aryl methyl sites for hydroxylation is 1. The fourth-order valence-electron chi connectivity index (χ4n) is 0.945. The lowest BCUT2D eigenvalue weighted by molar-refractivity contribution is 1.20. The summed E-state index contributed by atoms with van der Waals surface area (Å²) < 4.78 is 2.25. The third-order valence-electron chi connectivity index (χ3n) is 1.39. The predicted octanol–water partition coefficient (Wildman–Crippen LogP) is 2.60. The number of rotatable bonds is 0. The van der Waals surface area contributed by atoms with Crippen molar-refractivity contribution in [3.63, 3.8) is 0 Å². The van der Waals surface area contributed by atoms with Gasteiger partial charge in [-0.15, -0.1) is 11.3 Å². The summed E-state index contributed by atoms with van der Waals surface area (Å²) in [5.41, 5.74) is 1.06. The van der Waals surface area contributed by atoms with Crippen molar-refractivity contribution in [3.05, 3.63) is 21.0 Å². The monoisotopic (exact) mass is 276 g/mol. The van der Waals surface area contributed by atoms with E-state index in [-0.39, 0.29) is 0 Å². The van der Waals surface area contributed by atoms with E-state index in [9.17, 15) is 0 Å². The van der Waals surface area contributed by atoms with E-state index in [0.717, 1.165) is 9.22 Å². The van der Waals surface area contributed by atoms with Crippen LogP contribution in [0, 0.1) is 10.6 Å². The molecule has 0 unspecified atom stereocenters. The van der Waals surface area contributed by atoms with Gasteiger partial charge in [0.15, 0.2) is 0 Å². The van der Waals surface area contributed by atoms with Gasteiger partial charge in [0, 0.05) is 4.88 Å². The molecule has 0 bridgehead atoms. The Morgan fingerprint density at radius 3 is 3.00 bits per heavy atom. The lowest BCUT2D eigenvalue weighted by atomic mass is 10.4. The molecule has 0 fully saturated rings. The molecule has 2 aromatic rings. The largest absolute Gasteiger partial charge is 0.235 e. The average Bonchev–Trinajstić information content (AvgIpc) is 2.31. The highest BCUT2D eigenvalue weighted by Gasteiger charge is 2.02. The second-order valence-electron chi connectivity index (χ2n) is 2.24. The number of aromatic nitrogens is 2. The molecule has 0 aromatic carbocycles. The van der Waals surface area contributed by atoms with Gasteiger partial charge in [0.1, 0.15) is 10.0 Å². The van der Waals surface area contributed by atoms with E-state index in [1.54, 1.807) is 17.7 Å². The maximum atomic E-state index is 4.16. The molecule has 0 aliphatic heterocycles. The molecule has 0 amide bonds. The van der Waals surface area contributed by atoms with Gasteiger partial charge in [-0.05, 0) is 35.6 Å². The van der Waals surface area contributed by atoms with Gasteiger partial charge in [-0.3, -0.25) is 0 Å². The molecule has 0 atom stereocenters. The van der Waals surface area contributed by atoms with Gasteiger partial charge in [-0.25, -0.2) is 9.97 Å². The first kappa shape index (κ1) is 7.42. The van der Waals surface area contributed by atoms with Crippen molar-refractivity contribution in [2.45, 2.75) is 6.92 Å². The Morgan fingerprint density at radius 2 is 2.27 bits per heavy atom. The van der Waals surface area contributed by atoms with Gasteiger partial charge in [0.05, 0.1) is 10.2 Å². The van der Waals surface area contributed by atoms with Crippen LogP contribution < -0.4 is 0 Å². The first-order chi connectivity index (χ1) is 5.27. The molecule has 56 valence electrons. The first-order valence-corrected chi connectivity index (χ1v) is 5.03. The van der Waals surface area contributed by atoms with E-state index in [4.69, 9.17) is 0 Å². The predicted molar refractivity (Wildman–Crippen MR) is 54.9 cm³/mol. The molecule has 0 radical (unpaired) electrons. The van der Waals surface area contributed by atoms with Gasteiger partial charge in [0.25, 0.3) is 0 Å². The van der Waals surface area contributed by atoms with Gasteiger partial charge in [-0.2, -0.15) is 0 Å². The molecule has 2 nitrogen and oxygen atoms in total. The Balaban J connectivity index is 2.90. The molecule has 0 N–H and O–H groups in total. The van der Waals surface area contributed by atoms with Crippen molar-refractivity contribution in [2.24, 2.45) is 0 Å². The van der Waals surface area contributed by atoms with Crippen molar-refractivity contribution in [2.75, 3.05) is 0 Å². The molecule has 11 heavy (non-hydrogen) atoms. The van der Waals surface area contributed by atoms with Crippen LogP contribution in [0.4, 0.5) is 0 Å². The number of nitrogens with zero attached hydrogens (tertiary/aromatic N) is 2. The van der Waals surface area contributed by atoms with Crippen LogP contribution in [0.1, 0.15) is 4.88 Å². The summed E-state index contributed by atoms with van der Waals surface area (Å²) in [5, 5.41) is 0. The van der Waals surface area contributed by atoms with Crippen molar-refractivity contribution < 1.29 is 0 Å². The Morgan fingerprint density at radius 1 is 1.45 bits per heavy atom. The molecular formula is C7H5IN2S. The second-order valence-corrected chi connectivity index (χ2v) is 4.51. The Bertz CT molecular complexity index is 396. The molecule has 0 aliphatic carbocycles. The first-order valence-electron chi connectivity index (χ1n) is 3.14. The second kappa shape index (κ2) is 2.67. The summed E-state index contributed by atoms with van der Waals surface area (Å²) in [6.45, 7) is 2.09. The minimum Gasteiger partial charge on any atom is -0.235 e. The Kier molecular flexibility index (Phi) is 1.80. The van der Waals surface area contributed by atoms with Crippen LogP contribution in [-0.4, -0.2) is 9.97 Å². The topological polar surface area (TPSA) is 25.8 Å². The van der Waals surface area contributed by atoms with Crippen LogP contribution in [0.15, 0.2) is 12.4 Å². The SMILES string of the molecule is Cc1cc2ncnc(I)c2s1. The van der Waals surface area contributed by atoms with Crippen LogP contribution in [0.25, 0.3) is 10.2 Å². The van der Waals surface area contributed by atoms with E-state index in [1.165, 1.54) is 9.58 Å². The third-order valence-corrected chi connectivity index (χ3v) is 3.62. The standard InChI is InChI=1S/C7H5IN2S/c1-4-2-5-6(11-4)7(8)10-3-9-5/h2-3H,1H3. The molecule has 2 aromatic heterocycles. The molecule has 0 saturated heterocycles. The summed E-state index contributed by atoms with van der Waals surface area (Å²) >= 11 is 3.98. The van der Waals surface area contributed by atoms with Crippen molar-refractivity contribution in [1.82, 2.24) is 9.97 Å². The number of halogens is 1. The summed E-state index contributed by atoms with van der Waals surface area (Å²) in [5.74, 6) is 0. The van der Waals surface area contributed by atoms with Gasteiger partial charge in [0.2, 0.25) is 0 Å². The van der Waals surface area contributed by atoms with Crippen LogP contribution in [0.2, 0.25) is 0 Å². The van der Waals surface area contributed by atoms with E-state index in [0.29, 0.717) is 0 Å². The zero-order valence-electron chi connectivity index (χ0n) is 5.84. The third kappa shape index (κ3) is 1.24. The van der Waals surface area contributed by atoms with Gasteiger partial charge < -0.3 is 0 Å². The minimum atomic E-state index is 1.05. The summed E-state index contributed by atoms with van der Waals surface area (Å²) in [6.07, 6.45) is 1.61. The Labute approximate surface area is 81.8 Å². The van der Waals surface area contributed by atoms with Gasteiger partial charge in [-0.1, -0.05) is 0 Å². The zero-order valence-corrected chi connectivity index (χ0v) is 8.81. The minimum absolute atomic E-state index is 1.05. The fraction of sp³-hybridized carbons (Fsp3) is 0.143. The number of thiophene rings is 1. The van der Waals surface area contributed by atoms with Crippen molar-refractivity contribution in [3.8, 4) is 0 Å². The highest BCUT2D eigenvalue weighted by Crippen LogP contribution is 2.25. The molecule has 2 heterocycles. The number of hydrogen-bond donors (Lipinski definition) is 0. The van der Waals surface area contributed by atoms with Crippen molar-refractivity contribution >= 4 is 44.1 Å². The molecule has 0 spiro atoms. The van der Waals surface area contributed by atoms with Crippen LogP contribution >= 0.6 is 33.9 Å².